The van der Waals surface area contributed by atoms with Crippen molar-refractivity contribution in [2.24, 2.45) is 0 Å². The minimum absolute atomic E-state index is 0.183. The molecule has 2 heterocycles. The summed E-state index contributed by atoms with van der Waals surface area (Å²) in [7, 11) is 0. The average Bonchev–Trinajstić information content (AvgIpc) is 3.09. The van der Waals surface area contributed by atoms with E-state index in [0.29, 0.717) is 17.4 Å². The van der Waals surface area contributed by atoms with Crippen molar-refractivity contribution >= 4 is 23.1 Å². The van der Waals surface area contributed by atoms with E-state index in [9.17, 15) is 0 Å². The number of anilines is 2. The molecule has 5 nitrogen and oxygen atoms in total. The van der Waals surface area contributed by atoms with Gasteiger partial charge in [-0.3, -0.25) is 0 Å². The van der Waals surface area contributed by atoms with Crippen LogP contribution in [0.2, 0.25) is 5.02 Å². The van der Waals surface area contributed by atoms with Gasteiger partial charge in [0, 0.05) is 18.4 Å². The van der Waals surface area contributed by atoms with E-state index in [4.69, 9.17) is 26.3 Å². The van der Waals surface area contributed by atoms with Gasteiger partial charge in [0.25, 0.3) is 0 Å². The first-order valence-electron chi connectivity index (χ1n) is 7.43. The number of benzene rings is 1. The Kier molecular flexibility index (Phi) is 4.96. The van der Waals surface area contributed by atoms with E-state index < -0.39 is 0 Å². The summed E-state index contributed by atoms with van der Waals surface area (Å²) in [5, 5.41) is 12.5. The lowest BCUT2D eigenvalue weighted by Crippen LogP contribution is -2.16. The number of pyridine rings is 1. The van der Waals surface area contributed by atoms with Crippen molar-refractivity contribution in [2.75, 3.05) is 18.5 Å². The van der Waals surface area contributed by atoms with Crippen molar-refractivity contribution in [1.29, 1.82) is 5.26 Å². The molecule has 23 heavy (non-hydrogen) atoms. The van der Waals surface area contributed by atoms with Gasteiger partial charge in [-0.05, 0) is 37.1 Å². The van der Waals surface area contributed by atoms with Gasteiger partial charge in [0.15, 0.2) is 5.69 Å². The van der Waals surface area contributed by atoms with Crippen LogP contribution in [0.4, 0.5) is 11.5 Å². The second-order valence-electron chi connectivity index (χ2n) is 5.24. The molecular formula is C17H16ClN3O2. The largest absolute Gasteiger partial charge is 0.491 e. The molecule has 1 saturated heterocycles. The van der Waals surface area contributed by atoms with Crippen molar-refractivity contribution in [2.45, 2.75) is 18.9 Å². The lowest BCUT2D eigenvalue weighted by atomic mass is 10.2. The highest BCUT2D eigenvalue weighted by Gasteiger charge is 2.16. The third kappa shape index (κ3) is 4.13. The van der Waals surface area contributed by atoms with Gasteiger partial charge in [-0.2, -0.15) is 5.26 Å². The number of hydrogen-bond donors (Lipinski definition) is 1. The van der Waals surface area contributed by atoms with E-state index in [1.54, 1.807) is 12.1 Å². The molecule has 0 amide bonds. The van der Waals surface area contributed by atoms with Gasteiger partial charge in [-0.15, -0.1) is 0 Å². The molecule has 1 fully saturated rings. The Bertz CT molecular complexity index is 724. The molecule has 1 unspecified atom stereocenters. The smallest absolute Gasteiger partial charge is 0.161 e. The summed E-state index contributed by atoms with van der Waals surface area (Å²) in [6.45, 7) is 1.38. The van der Waals surface area contributed by atoms with Gasteiger partial charge in [-0.25, -0.2) is 4.98 Å². The van der Waals surface area contributed by atoms with E-state index in [2.05, 4.69) is 10.3 Å². The fraction of sp³-hybridized carbons (Fsp3) is 0.294. The van der Waals surface area contributed by atoms with E-state index in [1.165, 1.54) is 0 Å². The van der Waals surface area contributed by atoms with Gasteiger partial charge in [0.2, 0.25) is 0 Å². The molecule has 0 aliphatic carbocycles. The van der Waals surface area contributed by atoms with Crippen LogP contribution in [0, 0.1) is 11.3 Å². The van der Waals surface area contributed by atoms with Crippen LogP contribution in [-0.4, -0.2) is 24.3 Å². The number of halogens is 1. The standard InChI is InChI=1S/C17H16ClN3O2/c18-15-6-7-17(21-16(15)10-19)20-12-3-1-4-13(9-12)23-11-14-5-2-8-22-14/h1,3-4,6-7,9,14H,2,5,8,11H2,(H,20,21). The molecule has 1 atom stereocenters. The molecule has 0 saturated carbocycles. The summed E-state index contributed by atoms with van der Waals surface area (Å²) in [6.07, 6.45) is 2.32. The zero-order valence-corrected chi connectivity index (χ0v) is 13.2. The number of nitriles is 1. The Labute approximate surface area is 139 Å². The van der Waals surface area contributed by atoms with Crippen molar-refractivity contribution in [3.8, 4) is 11.8 Å². The quantitative estimate of drug-likeness (QED) is 0.900. The second kappa shape index (κ2) is 7.32. The monoisotopic (exact) mass is 329 g/mol. The first-order chi connectivity index (χ1) is 11.2. The summed E-state index contributed by atoms with van der Waals surface area (Å²) in [4.78, 5) is 4.16. The maximum absolute atomic E-state index is 8.97. The number of aromatic nitrogens is 1. The normalized spacial score (nSPS) is 16.8. The summed E-state index contributed by atoms with van der Waals surface area (Å²) in [6, 6.07) is 12.9. The van der Waals surface area contributed by atoms with Gasteiger partial charge < -0.3 is 14.8 Å². The third-order valence-corrected chi connectivity index (χ3v) is 3.82. The first-order valence-corrected chi connectivity index (χ1v) is 7.80. The summed E-state index contributed by atoms with van der Waals surface area (Å²) >= 11 is 5.88. The predicted octanol–water partition coefficient (Wildman–Crippen LogP) is 3.91. The Morgan fingerprint density at radius 3 is 3.09 bits per heavy atom. The molecule has 0 radical (unpaired) electrons. The van der Waals surface area contributed by atoms with Crippen LogP contribution >= 0.6 is 11.6 Å². The lowest BCUT2D eigenvalue weighted by Gasteiger charge is -2.13. The maximum Gasteiger partial charge on any atom is 0.161 e. The predicted molar refractivity (Wildman–Crippen MR) is 88.2 cm³/mol. The SMILES string of the molecule is N#Cc1nc(Nc2cccc(OCC3CCCO3)c2)ccc1Cl. The van der Waals surface area contributed by atoms with Crippen molar-refractivity contribution in [3.05, 3.63) is 47.1 Å². The van der Waals surface area contributed by atoms with E-state index in [0.717, 1.165) is 30.9 Å². The van der Waals surface area contributed by atoms with Crippen LogP contribution in [0.25, 0.3) is 0 Å². The molecule has 1 aliphatic heterocycles. The highest BCUT2D eigenvalue weighted by atomic mass is 35.5. The summed E-state index contributed by atoms with van der Waals surface area (Å²) in [5.41, 5.74) is 1.02. The molecule has 1 aliphatic rings. The molecular weight excluding hydrogens is 314 g/mol. The topological polar surface area (TPSA) is 67.2 Å². The van der Waals surface area contributed by atoms with Crippen LogP contribution in [0.1, 0.15) is 18.5 Å². The van der Waals surface area contributed by atoms with Gasteiger partial charge >= 0.3 is 0 Å². The van der Waals surface area contributed by atoms with E-state index in [1.807, 2.05) is 30.3 Å². The number of nitrogens with zero attached hydrogens (tertiary/aromatic N) is 2. The lowest BCUT2D eigenvalue weighted by molar-refractivity contribution is 0.0680. The Balaban J connectivity index is 1.66. The van der Waals surface area contributed by atoms with Crippen LogP contribution < -0.4 is 10.1 Å². The second-order valence-corrected chi connectivity index (χ2v) is 5.64. The van der Waals surface area contributed by atoms with Gasteiger partial charge in [0.05, 0.1) is 11.1 Å². The third-order valence-electron chi connectivity index (χ3n) is 3.52. The highest BCUT2D eigenvalue weighted by molar-refractivity contribution is 6.31. The van der Waals surface area contributed by atoms with Crippen LogP contribution in [0.15, 0.2) is 36.4 Å². The zero-order chi connectivity index (χ0) is 16.1. The molecule has 2 aromatic rings. The highest BCUT2D eigenvalue weighted by Crippen LogP contribution is 2.23. The zero-order valence-electron chi connectivity index (χ0n) is 12.5. The van der Waals surface area contributed by atoms with Crippen LogP contribution in [0.5, 0.6) is 5.75 Å². The van der Waals surface area contributed by atoms with Crippen molar-refractivity contribution < 1.29 is 9.47 Å². The molecule has 6 heteroatoms. The molecule has 1 N–H and O–H groups in total. The van der Waals surface area contributed by atoms with Crippen LogP contribution in [0.3, 0.4) is 0 Å². The minimum Gasteiger partial charge on any atom is -0.491 e. The number of nitrogens with one attached hydrogen (secondary N) is 1. The molecule has 1 aromatic heterocycles. The molecule has 3 rings (SSSR count). The van der Waals surface area contributed by atoms with E-state index in [-0.39, 0.29) is 11.8 Å². The summed E-state index contributed by atoms with van der Waals surface area (Å²) < 4.78 is 11.3. The van der Waals surface area contributed by atoms with E-state index >= 15 is 0 Å². The Morgan fingerprint density at radius 2 is 2.30 bits per heavy atom. The average molecular weight is 330 g/mol. The fourth-order valence-corrected chi connectivity index (χ4v) is 2.51. The number of ether oxygens (including phenoxy) is 2. The number of hydrogen-bond acceptors (Lipinski definition) is 5. The Morgan fingerprint density at radius 1 is 1.39 bits per heavy atom. The molecule has 0 spiro atoms. The number of rotatable bonds is 5. The van der Waals surface area contributed by atoms with Crippen LogP contribution in [-0.2, 0) is 4.74 Å². The molecule has 0 bridgehead atoms. The van der Waals surface area contributed by atoms with Crippen molar-refractivity contribution in [3.63, 3.8) is 0 Å². The first kappa shape index (κ1) is 15.6. The van der Waals surface area contributed by atoms with Gasteiger partial charge in [0.1, 0.15) is 24.2 Å². The molecule has 1 aromatic carbocycles. The minimum atomic E-state index is 0.183. The summed E-state index contributed by atoms with van der Waals surface area (Å²) in [5.74, 6) is 1.32. The molecule has 118 valence electrons. The Hall–Kier alpha value is -2.29. The maximum atomic E-state index is 8.97. The van der Waals surface area contributed by atoms with Gasteiger partial charge in [-0.1, -0.05) is 17.7 Å². The fourth-order valence-electron chi connectivity index (χ4n) is 2.37. The van der Waals surface area contributed by atoms with Crippen molar-refractivity contribution in [1.82, 2.24) is 4.98 Å².